The molecule has 1 heterocycles. The van der Waals surface area contributed by atoms with Gasteiger partial charge in [-0.1, -0.05) is 0 Å². The molecule has 0 atom stereocenters. The van der Waals surface area contributed by atoms with Crippen molar-refractivity contribution in [3.63, 3.8) is 0 Å². The molecule has 0 spiro atoms. The number of fused-ring (bicyclic) bond motifs is 1. The van der Waals surface area contributed by atoms with Gasteiger partial charge in [0.05, 0.1) is 0 Å². The maximum absolute atomic E-state index is 13.6. The number of hydrogen-bond donors (Lipinski definition) is 0. The highest BCUT2D eigenvalue weighted by atomic mass is 19.1. The quantitative estimate of drug-likeness (QED) is 0.642. The Labute approximate surface area is 120 Å². The van der Waals surface area contributed by atoms with E-state index in [1.165, 1.54) is 31.2 Å². The first-order valence-corrected chi connectivity index (χ1v) is 6.30. The van der Waals surface area contributed by atoms with Crippen LogP contribution in [0.2, 0.25) is 0 Å². The molecule has 0 aliphatic carbocycles. The minimum atomic E-state index is -0.482. The fourth-order valence-electron chi connectivity index (χ4n) is 2.33. The summed E-state index contributed by atoms with van der Waals surface area (Å²) < 4.78 is 24.0. The van der Waals surface area contributed by atoms with Crippen LogP contribution < -0.4 is 9.47 Å². The normalized spacial score (nSPS) is 12.3. The van der Waals surface area contributed by atoms with Crippen molar-refractivity contribution < 1.29 is 23.5 Å². The maximum Gasteiger partial charge on any atom is 0.231 e. The fourth-order valence-corrected chi connectivity index (χ4v) is 2.33. The zero-order valence-electron chi connectivity index (χ0n) is 11.2. The van der Waals surface area contributed by atoms with Crippen LogP contribution in [0, 0.1) is 5.82 Å². The standard InChI is InChI=1S/C16H11FO4/c1-9(19)12-3-2-11(17)5-14(12)13-6-16-15(20-8-21-16)4-10(13)7-18/h2-7H,8H2,1H3. The van der Waals surface area contributed by atoms with Gasteiger partial charge in [-0.3, -0.25) is 9.59 Å². The molecule has 2 aromatic carbocycles. The Morgan fingerprint density at radius 1 is 1.14 bits per heavy atom. The number of benzene rings is 2. The molecule has 0 N–H and O–H groups in total. The Hall–Kier alpha value is -2.69. The van der Waals surface area contributed by atoms with E-state index in [4.69, 9.17) is 9.47 Å². The third-order valence-electron chi connectivity index (χ3n) is 3.32. The smallest absolute Gasteiger partial charge is 0.231 e. The van der Waals surface area contributed by atoms with Gasteiger partial charge in [0.2, 0.25) is 6.79 Å². The van der Waals surface area contributed by atoms with Crippen molar-refractivity contribution in [2.75, 3.05) is 6.79 Å². The van der Waals surface area contributed by atoms with Gasteiger partial charge in [0, 0.05) is 11.1 Å². The summed E-state index contributed by atoms with van der Waals surface area (Å²) in [5, 5.41) is 0. The Morgan fingerprint density at radius 2 is 1.86 bits per heavy atom. The molecular formula is C16H11FO4. The number of carbonyl (C=O) groups is 2. The van der Waals surface area contributed by atoms with E-state index in [9.17, 15) is 14.0 Å². The largest absolute Gasteiger partial charge is 0.454 e. The summed E-state index contributed by atoms with van der Waals surface area (Å²) in [6, 6.07) is 6.98. The lowest BCUT2D eigenvalue weighted by Crippen LogP contribution is -1.99. The molecule has 0 aromatic heterocycles. The zero-order chi connectivity index (χ0) is 15.0. The third-order valence-corrected chi connectivity index (χ3v) is 3.32. The molecule has 2 aromatic rings. The molecule has 0 saturated heterocycles. The summed E-state index contributed by atoms with van der Waals surface area (Å²) >= 11 is 0. The number of rotatable bonds is 3. The monoisotopic (exact) mass is 286 g/mol. The van der Waals surface area contributed by atoms with E-state index in [1.54, 1.807) is 6.07 Å². The molecule has 0 radical (unpaired) electrons. The summed E-state index contributed by atoms with van der Waals surface area (Å²) in [5.41, 5.74) is 1.47. The molecule has 106 valence electrons. The van der Waals surface area contributed by atoms with E-state index >= 15 is 0 Å². The first-order valence-electron chi connectivity index (χ1n) is 6.30. The Morgan fingerprint density at radius 3 is 2.52 bits per heavy atom. The van der Waals surface area contributed by atoms with Gasteiger partial charge >= 0.3 is 0 Å². The van der Waals surface area contributed by atoms with E-state index in [1.807, 2.05) is 0 Å². The Kier molecular flexibility index (Phi) is 3.17. The van der Waals surface area contributed by atoms with E-state index in [-0.39, 0.29) is 12.6 Å². The van der Waals surface area contributed by atoms with Crippen LogP contribution in [0.25, 0.3) is 11.1 Å². The molecule has 4 nitrogen and oxygen atoms in total. The van der Waals surface area contributed by atoms with Crippen molar-refractivity contribution in [1.29, 1.82) is 0 Å². The number of hydrogen-bond acceptors (Lipinski definition) is 4. The van der Waals surface area contributed by atoms with Crippen molar-refractivity contribution in [3.05, 3.63) is 47.3 Å². The van der Waals surface area contributed by atoms with Gasteiger partial charge in [-0.2, -0.15) is 0 Å². The van der Waals surface area contributed by atoms with E-state index in [0.29, 0.717) is 40.0 Å². The highest BCUT2D eigenvalue weighted by Gasteiger charge is 2.20. The number of carbonyl (C=O) groups excluding carboxylic acids is 2. The lowest BCUT2D eigenvalue weighted by molar-refractivity contribution is 0.101. The average Bonchev–Trinajstić information content (AvgIpc) is 2.92. The topological polar surface area (TPSA) is 52.6 Å². The fraction of sp³-hybridized carbons (Fsp3) is 0.125. The second-order valence-electron chi connectivity index (χ2n) is 4.66. The first kappa shape index (κ1) is 13.3. The van der Waals surface area contributed by atoms with Crippen LogP contribution in [-0.4, -0.2) is 18.9 Å². The predicted molar refractivity (Wildman–Crippen MR) is 73.4 cm³/mol. The average molecular weight is 286 g/mol. The number of Topliss-reactive ketones (excluding diaryl/α,β-unsaturated/α-hetero) is 1. The van der Waals surface area contributed by atoms with Gasteiger partial charge in [-0.05, 0) is 48.4 Å². The molecule has 0 unspecified atom stereocenters. The number of ether oxygens (including phenoxy) is 2. The molecule has 5 heteroatoms. The van der Waals surface area contributed by atoms with E-state index in [2.05, 4.69) is 0 Å². The molecule has 0 fully saturated rings. The van der Waals surface area contributed by atoms with Crippen LogP contribution in [0.5, 0.6) is 11.5 Å². The number of halogens is 1. The summed E-state index contributed by atoms with van der Waals surface area (Å²) in [6.07, 6.45) is 0.645. The van der Waals surface area contributed by atoms with Crippen LogP contribution in [0.1, 0.15) is 27.6 Å². The molecule has 3 rings (SSSR count). The lowest BCUT2D eigenvalue weighted by atomic mass is 9.93. The molecule has 0 saturated carbocycles. The summed E-state index contributed by atoms with van der Waals surface area (Å²) in [4.78, 5) is 23.0. The van der Waals surface area contributed by atoms with Gasteiger partial charge in [0.1, 0.15) is 5.82 Å². The molecule has 1 aliphatic heterocycles. The van der Waals surface area contributed by atoms with Crippen LogP contribution >= 0.6 is 0 Å². The minimum absolute atomic E-state index is 0.0692. The Bertz CT molecular complexity index is 752. The SMILES string of the molecule is CC(=O)c1ccc(F)cc1-c1cc2c(cc1C=O)OCO2. The van der Waals surface area contributed by atoms with Crippen molar-refractivity contribution in [2.24, 2.45) is 0 Å². The lowest BCUT2D eigenvalue weighted by Gasteiger charge is -2.11. The van der Waals surface area contributed by atoms with Crippen LogP contribution in [0.4, 0.5) is 4.39 Å². The van der Waals surface area contributed by atoms with Crippen molar-refractivity contribution >= 4 is 12.1 Å². The van der Waals surface area contributed by atoms with Gasteiger partial charge in [0.15, 0.2) is 23.6 Å². The molecule has 21 heavy (non-hydrogen) atoms. The first-order chi connectivity index (χ1) is 10.1. The predicted octanol–water partition coefficient (Wildman–Crippen LogP) is 3.24. The highest BCUT2D eigenvalue weighted by molar-refractivity contribution is 6.03. The van der Waals surface area contributed by atoms with Crippen molar-refractivity contribution in [1.82, 2.24) is 0 Å². The molecular weight excluding hydrogens is 275 g/mol. The van der Waals surface area contributed by atoms with E-state index in [0.717, 1.165) is 0 Å². The number of ketones is 1. The molecule has 0 bridgehead atoms. The summed E-state index contributed by atoms with van der Waals surface area (Å²) in [5.74, 6) is 0.236. The molecule has 0 amide bonds. The van der Waals surface area contributed by atoms with Crippen LogP contribution in [-0.2, 0) is 0 Å². The third kappa shape index (κ3) is 2.27. The highest BCUT2D eigenvalue weighted by Crippen LogP contribution is 2.39. The summed E-state index contributed by atoms with van der Waals surface area (Å²) in [7, 11) is 0. The van der Waals surface area contributed by atoms with E-state index < -0.39 is 5.82 Å². The second kappa shape index (κ2) is 5.01. The van der Waals surface area contributed by atoms with Gasteiger partial charge in [-0.15, -0.1) is 0 Å². The van der Waals surface area contributed by atoms with Crippen LogP contribution in [0.15, 0.2) is 30.3 Å². The van der Waals surface area contributed by atoms with Crippen molar-refractivity contribution in [3.8, 4) is 22.6 Å². The maximum atomic E-state index is 13.6. The summed E-state index contributed by atoms with van der Waals surface area (Å²) in [6.45, 7) is 1.46. The molecule has 1 aliphatic rings. The Balaban J connectivity index is 2.27. The zero-order valence-corrected chi connectivity index (χ0v) is 11.2. The van der Waals surface area contributed by atoms with Crippen LogP contribution in [0.3, 0.4) is 0 Å². The minimum Gasteiger partial charge on any atom is -0.454 e. The van der Waals surface area contributed by atoms with Gasteiger partial charge < -0.3 is 9.47 Å². The number of aldehydes is 1. The van der Waals surface area contributed by atoms with Crippen molar-refractivity contribution in [2.45, 2.75) is 6.92 Å². The second-order valence-corrected chi connectivity index (χ2v) is 4.66. The van der Waals surface area contributed by atoms with Gasteiger partial charge in [0.25, 0.3) is 0 Å². The van der Waals surface area contributed by atoms with Gasteiger partial charge in [-0.25, -0.2) is 4.39 Å².